The molecule has 1 aromatic heterocycles. The molecule has 5 aromatic rings. The lowest BCUT2D eigenvalue weighted by Crippen LogP contribution is -2.33. The molecule has 0 aliphatic heterocycles. The first-order valence-electron chi connectivity index (χ1n) is 15.6. The van der Waals surface area contributed by atoms with E-state index in [1.54, 1.807) is 42.5 Å². The Hall–Kier alpha value is -4.72. The maximum absolute atomic E-state index is 13.2. The Labute approximate surface area is 263 Å². The van der Waals surface area contributed by atoms with Crippen molar-refractivity contribution in [2.75, 3.05) is 6.54 Å². The van der Waals surface area contributed by atoms with Gasteiger partial charge in [-0.05, 0) is 83.3 Å². The van der Waals surface area contributed by atoms with E-state index in [1.165, 1.54) is 28.3 Å². The first-order chi connectivity index (χ1) is 21.9. The Morgan fingerprint density at radius 2 is 1.53 bits per heavy atom. The molecule has 1 atom stereocenters. The van der Waals surface area contributed by atoms with Gasteiger partial charge in [0.2, 0.25) is 0 Å². The number of aryl methyl sites for hydroxylation is 2. The number of benzene rings is 4. The van der Waals surface area contributed by atoms with Gasteiger partial charge in [0.25, 0.3) is 5.56 Å². The molecule has 0 bridgehead atoms. The van der Waals surface area contributed by atoms with Crippen LogP contribution in [0.1, 0.15) is 63.7 Å². The lowest BCUT2D eigenvalue weighted by atomic mass is 9.97. The predicted octanol–water partition coefficient (Wildman–Crippen LogP) is 5.76. The van der Waals surface area contributed by atoms with E-state index in [4.69, 9.17) is 9.57 Å². The Morgan fingerprint density at radius 1 is 0.889 bits per heavy atom. The van der Waals surface area contributed by atoms with Crippen LogP contribution >= 0.6 is 0 Å². The zero-order chi connectivity index (χ0) is 31.3. The maximum Gasteiger partial charge on any atom is 0.363 e. The van der Waals surface area contributed by atoms with Gasteiger partial charge >= 0.3 is 5.97 Å². The quantitative estimate of drug-likeness (QED) is 0.200. The topological polar surface area (TPSA) is 89.8 Å². The summed E-state index contributed by atoms with van der Waals surface area (Å²) in [7, 11) is 0. The lowest BCUT2D eigenvalue weighted by molar-refractivity contribution is 0.0463. The lowest BCUT2D eigenvalue weighted by Gasteiger charge is -2.20. The van der Waals surface area contributed by atoms with Crippen LogP contribution in [0.5, 0.6) is 5.75 Å². The van der Waals surface area contributed by atoms with Crippen molar-refractivity contribution in [2.24, 2.45) is 0 Å². The first-order valence-corrected chi connectivity index (χ1v) is 15.6. The van der Waals surface area contributed by atoms with E-state index in [1.807, 2.05) is 36.4 Å². The summed E-state index contributed by atoms with van der Waals surface area (Å²) in [4.78, 5) is 31.9. The van der Waals surface area contributed by atoms with E-state index in [0.29, 0.717) is 28.8 Å². The number of hydrogen-bond donors (Lipinski definition) is 2. The monoisotopic (exact) mass is 602 g/mol. The molecular formula is C38H38N2O5. The molecule has 0 spiro atoms. The Morgan fingerprint density at radius 3 is 2.18 bits per heavy atom. The van der Waals surface area contributed by atoms with Gasteiger partial charge in [-0.3, -0.25) is 4.79 Å². The van der Waals surface area contributed by atoms with Gasteiger partial charge in [0.1, 0.15) is 17.9 Å². The molecule has 2 N–H and O–H groups in total. The van der Waals surface area contributed by atoms with Crippen LogP contribution in [0.4, 0.5) is 0 Å². The summed E-state index contributed by atoms with van der Waals surface area (Å²) in [6.07, 6.45) is 3.00. The van der Waals surface area contributed by atoms with E-state index in [-0.39, 0.29) is 18.2 Å². The molecule has 0 fully saturated rings. The third-order valence-electron chi connectivity index (χ3n) is 8.61. The fourth-order valence-electron chi connectivity index (χ4n) is 6.23. The number of carbonyl (C=O) groups is 1. The molecule has 7 nitrogen and oxygen atoms in total. The third kappa shape index (κ3) is 6.55. The molecule has 4 aromatic carbocycles. The Bertz CT molecular complexity index is 1830. The standard InChI is InChI=1S/C38H38N2O5/c1-3-26-19-29-21-31(22-30(29)20-27(26)4-2)39-23-34(41)32-15-17-35(44-24-25-11-7-5-8-12-25)37-33(32)16-18-36(42)40(37)45-38(43)28-13-9-6-10-14-28/h5-20,31,34,39,41H,3-4,21-24H2,1-2H3/t34-/m0/s1. The Balaban J connectivity index is 1.29. The molecule has 7 heteroatoms. The van der Waals surface area contributed by atoms with E-state index >= 15 is 0 Å². The Kier molecular flexibility index (Phi) is 9.10. The number of pyridine rings is 1. The van der Waals surface area contributed by atoms with Crippen molar-refractivity contribution in [3.05, 3.63) is 146 Å². The van der Waals surface area contributed by atoms with Crippen LogP contribution in [0.3, 0.4) is 0 Å². The summed E-state index contributed by atoms with van der Waals surface area (Å²) in [6.45, 7) is 4.97. The van der Waals surface area contributed by atoms with Crippen molar-refractivity contribution in [3.63, 3.8) is 0 Å². The third-order valence-corrected chi connectivity index (χ3v) is 8.61. The summed E-state index contributed by atoms with van der Waals surface area (Å²) in [6, 6.07) is 29.6. The van der Waals surface area contributed by atoms with E-state index < -0.39 is 17.6 Å². The van der Waals surface area contributed by atoms with Gasteiger partial charge in [-0.25, -0.2) is 4.79 Å². The highest BCUT2D eigenvalue weighted by atomic mass is 16.7. The fourth-order valence-corrected chi connectivity index (χ4v) is 6.23. The molecule has 0 amide bonds. The van der Waals surface area contributed by atoms with Crippen LogP contribution in [0.2, 0.25) is 0 Å². The van der Waals surface area contributed by atoms with Crippen molar-refractivity contribution in [1.29, 1.82) is 0 Å². The number of hydrogen-bond acceptors (Lipinski definition) is 6. The molecule has 0 radical (unpaired) electrons. The van der Waals surface area contributed by atoms with Crippen molar-refractivity contribution < 1.29 is 19.5 Å². The maximum atomic E-state index is 13.2. The molecule has 1 heterocycles. The molecule has 230 valence electrons. The highest BCUT2D eigenvalue weighted by Gasteiger charge is 2.25. The number of ether oxygens (including phenoxy) is 1. The molecule has 0 saturated carbocycles. The summed E-state index contributed by atoms with van der Waals surface area (Å²) >= 11 is 0. The molecular weight excluding hydrogens is 564 g/mol. The van der Waals surface area contributed by atoms with Gasteiger partial charge in [-0.1, -0.05) is 80.6 Å². The molecule has 45 heavy (non-hydrogen) atoms. The van der Waals surface area contributed by atoms with Crippen LogP contribution in [-0.4, -0.2) is 28.4 Å². The summed E-state index contributed by atoms with van der Waals surface area (Å²) in [5, 5.41) is 15.6. The average molecular weight is 603 g/mol. The number of nitrogens with zero attached hydrogens (tertiary/aromatic N) is 1. The molecule has 0 unspecified atom stereocenters. The van der Waals surface area contributed by atoms with E-state index in [2.05, 4.69) is 31.3 Å². The summed E-state index contributed by atoms with van der Waals surface area (Å²) < 4.78 is 7.16. The van der Waals surface area contributed by atoms with Crippen LogP contribution in [-0.2, 0) is 32.3 Å². The highest BCUT2D eigenvalue weighted by molar-refractivity contribution is 5.92. The number of fused-ring (bicyclic) bond motifs is 2. The number of carbonyl (C=O) groups excluding carboxylic acids is 1. The van der Waals surface area contributed by atoms with Crippen LogP contribution in [0, 0.1) is 0 Å². The van der Waals surface area contributed by atoms with Crippen molar-refractivity contribution in [1.82, 2.24) is 10.0 Å². The molecule has 1 aliphatic rings. The molecule has 0 saturated heterocycles. The second kappa shape index (κ2) is 13.5. The van der Waals surface area contributed by atoms with Crippen LogP contribution < -0.4 is 20.5 Å². The van der Waals surface area contributed by atoms with E-state index in [0.717, 1.165) is 36.0 Å². The van der Waals surface area contributed by atoms with Crippen molar-refractivity contribution in [3.8, 4) is 5.75 Å². The van der Waals surface area contributed by atoms with Gasteiger partial charge in [0, 0.05) is 24.0 Å². The minimum Gasteiger partial charge on any atom is -0.487 e. The number of aliphatic hydroxyl groups excluding tert-OH is 1. The number of aliphatic hydroxyl groups is 1. The largest absolute Gasteiger partial charge is 0.487 e. The zero-order valence-electron chi connectivity index (χ0n) is 25.7. The van der Waals surface area contributed by atoms with Crippen molar-refractivity contribution in [2.45, 2.75) is 58.3 Å². The normalized spacial score (nSPS) is 13.5. The van der Waals surface area contributed by atoms with Crippen LogP contribution in [0.25, 0.3) is 10.9 Å². The molecule has 6 rings (SSSR count). The fraction of sp³-hybridized carbons (Fsp3) is 0.263. The minimum absolute atomic E-state index is 0.219. The van der Waals surface area contributed by atoms with Crippen LogP contribution in [0.15, 0.2) is 102 Å². The predicted molar refractivity (Wildman–Crippen MR) is 176 cm³/mol. The highest BCUT2D eigenvalue weighted by Crippen LogP contribution is 2.32. The van der Waals surface area contributed by atoms with Gasteiger partial charge < -0.3 is 20.0 Å². The number of rotatable bonds is 11. The number of nitrogens with one attached hydrogen (secondary N) is 1. The van der Waals surface area contributed by atoms with Crippen molar-refractivity contribution >= 4 is 16.9 Å². The zero-order valence-corrected chi connectivity index (χ0v) is 25.7. The number of aromatic nitrogens is 1. The van der Waals surface area contributed by atoms with Gasteiger partial charge in [0.05, 0.1) is 11.7 Å². The summed E-state index contributed by atoms with van der Waals surface area (Å²) in [5.41, 5.74) is 7.20. The second-order valence-electron chi connectivity index (χ2n) is 11.5. The SMILES string of the molecule is CCc1cc2c(cc1CC)CC(NC[C@H](O)c1ccc(OCc3ccccc3)c3c1ccc(=O)n3OC(=O)c1ccccc1)C2. The van der Waals surface area contributed by atoms with Gasteiger partial charge in [-0.15, -0.1) is 4.73 Å². The minimum atomic E-state index is -0.882. The van der Waals surface area contributed by atoms with Gasteiger partial charge in [0.15, 0.2) is 0 Å². The second-order valence-corrected chi connectivity index (χ2v) is 11.5. The first kappa shape index (κ1) is 30.3. The van der Waals surface area contributed by atoms with Gasteiger partial charge in [-0.2, -0.15) is 0 Å². The summed E-state index contributed by atoms with van der Waals surface area (Å²) in [5.74, 6) is -0.314. The average Bonchev–Trinajstić information content (AvgIpc) is 3.49. The smallest absolute Gasteiger partial charge is 0.363 e. The van der Waals surface area contributed by atoms with E-state index in [9.17, 15) is 14.7 Å². The molecule has 1 aliphatic carbocycles.